The highest BCUT2D eigenvalue weighted by Crippen LogP contribution is 2.29. The van der Waals surface area contributed by atoms with E-state index in [2.05, 4.69) is 9.68 Å². The molecule has 0 amide bonds. The Morgan fingerprint density at radius 2 is 1.17 bits per heavy atom. The van der Waals surface area contributed by atoms with Gasteiger partial charge in [-0.1, -0.05) is 36.0 Å². The molecule has 0 spiro atoms. The number of unbranched alkanes of at least 4 members (excludes halogenated alkanes) is 2. The zero-order valence-electron chi connectivity index (χ0n) is 17.6. The fraction of sp³-hybridized carbons (Fsp3) is 0.941. The van der Waals surface area contributed by atoms with Crippen molar-refractivity contribution in [3.05, 3.63) is 20.2 Å². The highest BCUT2D eigenvalue weighted by molar-refractivity contribution is 6.23. The predicted octanol–water partition coefficient (Wildman–Crippen LogP) is 5.36. The molecule has 0 aliphatic carbocycles. The molecule has 0 bridgehead atoms. The van der Waals surface area contributed by atoms with E-state index >= 15 is 0 Å². The van der Waals surface area contributed by atoms with Crippen molar-refractivity contribution in [1.82, 2.24) is 0 Å². The normalized spacial score (nSPS) is 17.0. The van der Waals surface area contributed by atoms with Gasteiger partial charge in [-0.25, -0.2) is 4.79 Å². The summed E-state index contributed by atoms with van der Waals surface area (Å²) in [6.07, 6.45) is 1.78. The number of alkyl halides is 2. The number of hydrogen-bond acceptors (Lipinski definition) is 9. The molecule has 0 aromatic heterocycles. The van der Waals surface area contributed by atoms with Gasteiger partial charge in [-0.05, 0) is 53.4 Å². The third kappa shape index (κ3) is 16.1. The first-order valence-corrected chi connectivity index (χ1v) is 10.4. The second-order valence-electron chi connectivity index (χ2n) is 7.43. The lowest BCUT2D eigenvalue weighted by molar-refractivity contribution is -0.767. The van der Waals surface area contributed by atoms with E-state index < -0.39 is 38.7 Å². The Kier molecular flexibility index (Phi) is 12.7. The maximum atomic E-state index is 12.0. The number of hydrogen-bond donors (Lipinski definition) is 0. The van der Waals surface area contributed by atoms with Gasteiger partial charge in [-0.3, -0.25) is 0 Å². The molecule has 176 valence electrons. The molecule has 4 atom stereocenters. The summed E-state index contributed by atoms with van der Waals surface area (Å²) in [5.41, 5.74) is 0. The zero-order chi connectivity index (χ0) is 23.4. The van der Waals surface area contributed by atoms with Gasteiger partial charge in [0.1, 0.15) is 12.2 Å². The highest BCUT2D eigenvalue weighted by Gasteiger charge is 2.31. The van der Waals surface area contributed by atoms with E-state index in [0.29, 0.717) is 51.4 Å². The van der Waals surface area contributed by atoms with Gasteiger partial charge in [0.2, 0.25) is 0 Å². The summed E-state index contributed by atoms with van der Waals surface area (Å²) < 4.78 is 10.2. The fourth-order valence-corrected chi connectivity index (χ4v) is 3.01. The Labute approximate surface area is 185 Å². The zero-order valence-corrected chi connectivity index (χ0v) is 19.1. The van der Waals surface area contributed by atoms with Crippen LogP contribution in [0.3, 0.4) is 0 Å². The molecule has 0 aliphatic heterocycles. The molecule has 0 N–H and O–H groups in total. The average molecular weight is 477 g/mol. The highest BCUT2D eigenvalue weighted by atomic mass is 35.5. The summed E-state index contributed by atoms with van der Waals surface area (Å²) in [6, 6.07) is 0. The minimum Gasteiger partial charge on any atom is -0.412 e. The Morgan fingerprint density at radius 3 is 1.47 bits per heavy atom. The standard InChI is InChI=1S/C17H30Cl2N2O9/c1-13(29-20(23)24)9-5-7-11-16(3,18)27-15(22)28-17(4,19)12-8-6-10-14(2)30-21(25)26/h13-14H,5-12H2,1-4H3/t13-,14-,16?,17?/m1/s1. The Morgan fingerprint density at radius 1 is 0.833 bits per heavy atom. The Balaban J connectivity index is 4.15. The fourth-order valence-electron chi connectivity index (χ4n) is 2.61. The number of nitrogens with zero attached hydrogens (tertiary/aromatic N) is 2. The van der Waals surface area contributed by atoms with E-state index in [4.69, 9.17) is 32.7 Å². The van der Waals surface area contributed by atoms with E-state index in [-0.39, 0.29) is 0 Å². The molecule has 0 aliphatic rings. The van der Waals surface area contributed by atoms with Crippen LogP contribution in [-0.2, 0) is 19.1 Å². The van der Waals surface area contributed by atoms with Crippen molar-refractivity contribution in [3.8, 4) is 0 Å². The molecule has 0 fully saturated rings. The summed E-state index contributed by atoms with van der Waals surface area (Å²) in [7, 11) is 0. The number of halogens is 2. The quantitative estimate of drug-likeness (QED) is 0.0944. The van der Waals surface area contributed by atoms with Crippen LogP contribution < -0.4 is 0 Å². The monoisotopic (exact) mass is 476 g/mol. The molecule has 2 unspecified atom stereocenters. The van der Waals surface area contributed by atoms with Crippen molar-refractivity contribution >= 4 is 29.4 Å². The van der Waals surface area contributed by atoms with Crippen LogP contribution in [0.5, 0.6) is 0 Å². The van der Waals surface area contributed by atoms with Crippen LogP contribution in [0, 0.1) is 20.2 Å². The molecule has 0 radical (unpaired) electrons. The van der Waals surface area contributed by atoms with Crippen LogP contribution in [0.4, 0.5) is 4.79 Å². The molecule has 0 aromatic carbocycles. The molecule has 0 saturated carbocycles. The van der Waals surface area contributed by atoms with Crippen molar-refractivity contribution in [3.63, 3.8) is 0 Å². The summed E-state index contributed by atoms with van der Waals surface area (Å²) in [5, 5.41) is 16.2. The lowest BCUT2D eigenvalue weighted by Gasteiger charge is -2.26. The lowest BCUT2D eigenvalue weighted by atomic mass is 10.1. The van der Waals surface area contributed by atoms with Crippen molar-refractivity contribution in [2.45, 2.75) is 101 Å². The first-order valence-electron chi connectivity index (χ1n) is 9.64. The van der Waals surface area contributed by atoms with Crippen LogP contribution in [0.25, 0.3) is 0 Å². The van der Waals surface area contributed by atoms with E-state index in [0.717, 1.165) is 0 Å². The summed E-state index contributed by atoms with van der Waals surface area (Å²) in [4.78, 5) is 41.3. The van der Waals surface area contributed by atoms with Crippen LogP contribution in [-0.4, -0.2) is 38.7 Å². The van der Waals surface area contributed by atoms with E-state index in [1.54, 1.807) is 13.8 Å². The third-order valence-corrected chi connectivity index (χ3v) is 4.62. The minimum absolute atomic E-state index is 0.308. The second-order valence-corrected chi connectivity index (χ2v) is 9.03. The van der Waals surface area contributed by atoms with Gasteiger partial charge < -0.3 is 19.1 Å². The van der Waals surface area contributed by atoms with Crippen molar-refractivity contribution in [2.24, 2.45) is 0 Å². The summed E-state index contributed by atoms with van der Waals surface area (Å²) in [5.74, 6) is 0. The maximum absolute atomic E-state index is 12.0. The molecule has 11 nitrogen and oxygen atoms in total. The Hall–Kier alpha value is -1.75. The smallest absolute Gasteiger partial charge is 0.412 e. The van der Waals surface area contributed by atoms with Gasteiger partial charge in [-0.2, -0.15) is 0 Å². The van der Waals surface area contributed by atoms with Gasteiger partial charge in [0.25, 0.3) is 10.2 Å². The largest absolute Gasteiger partial charge is 0.511 e. The van der Waals surface area contributed by atoms with Crippen LogP contribution >= 0.6 is 23.2 Å². The first-order chi connectivity index (χ1) is 13.7. The molecule has 0 aromatic rings. The number of rotatable bonds is 16. The number of carbonyl (C=O) groups excluding carboxylic acids is 1. The Bertz CT molecular complexity index is 515. The van der Waals surface area contributed by atoms with Gasteiger partial charge in [0.05, 0.1) is 0 Å². The first kappa shape index (κ1) is 28.2. The van der Waals surface area contributed by atoms with Gasteiger partial charge >= 0.3 is 6.16 Å². The number of ether oxygens (including phenoxy) is 2. The van der Waals surface area contributed by atoms with Crippen molar-refractivity contribution in [2.75, 3.05) is 0 Å². The average Bonchev–Trinajstić information content (AvgIpc) is 2.53. The molecule has 13 heteroatoms. The van der Waals surface area contributed by atoms with E-state index in [9.17, 15) is 25.0 Å². The molecular formula is C17H30Cl2N2O9. The van der Waals surface area contributed by atoms with Gasteiger partial charge in [0, 0.05) is 12.8 Å². The molecular weight excluding hydrogens is 447 g/mol. The minimum atomic E-state index is -1.31. The van der Waals surface area contributed by atoms with Crippen LogP contribution in [0.1, 0.15) is 79.1 Å². The van der Waals surface area contributed by atoms with Gasteiger partial charge in [0.15, 0.2) is 10.1 Å². The molecule has 30 heavy (non-hydrogen) atoms. The predicted molar refractivity (Wildman–Crippen MR) is 108 cm³/mol. The van der Waals surface area contributed by atoms with Crippen LogP contribution in [0.15, 0.2) is 0 Å². The molecule has 0 rings (SSSR count). The molecule has 0 heterocycles. The summed E-state index contributed by atoms with van der Waals surface area (Å²) in [6.45, 7) is 6.20. The van der Waals surface area contributed by atoms with Crippen molar-refractivity contribution < 1.29 is 34.1 Å². The van der Waals surface area contributed by atoms with Gasteiger partial charge in [-0.15, -0.1) is 20.2 Å². The third-order valence-electron chi connectivity index (χ3n) is 4.09. The van der Waals surface area contributed by atoms with Crippen LogP contribution in [0.2, 0.25) is 0 Å². The van der Waals surface area contributed by atoms with E-state index in [1.165, 1.54) is 13.8 Å². The topological polar surface area (TPSA) is 140 Å². The SMILES string of the molecule is C[C@H](CCCCC(C)(Cl)OC(=O)OC(C)(Cl)CCCC[C@@H](C)O[N+](=O)[O-])O[N+](=O)[O-]. The van der Waals surface area contributed by atoms with E-state index in [1.807, 2.05) is 0 Å². The number of carbonyl (C=O) groups is 1. The lowest BCUT2D eigenvalue weighted by Crippen LogP contribution is -2.31. The van der Waals surface area contributed by atoms with Crippen molar-refractivity contribution in [1.29, 1.82) is 0 Å². The summed E-state index contributed by atoms with van der Waals surface area (Å²) >= 11 is 12.4. The maximum Gasteiger partial charge on any atom is 0.511 e. The second kappa shape index (κ2) is 13.5. The molecule has 0 saturated heterocycles.